The normalized spacial score (nSPS) is 12.1. The fraction of sp³-hybridized carbons (Fsp3) is 0.375. The van der Waals surface area contributed by atoms with E-state index in [-0.39, 0.29) is 24.3 Å². The van der Waals surface area contributed by atoms with Crippen molar-refractivity contribution in [2.75, 3.05) is 6.61 Å². The van der Waals surface area contributed by atoms with Gasteiger partial charge in [-0.3, -0.25) is 4.79 Å². The fourth-order valence-electron chi connectivity index (χ4n) is 2.11. The molecule has 1 amide bonds. The van der Waals surface area contributed by atoms with Crippen LogP contribution in [0.4, 0.5) is 0 Å². The third-order valence-electron chi connectivity index (χ3n) is 3.09. The SMILES string of the molecule is CCC[C@@H](C)NC(=O)COC(=O)c1cc2ccccc2o1. The molecule has 1 atom stereocenters. The Kier molecular flexibility index (Phi) is 4.98. The molecule has 1 N–H and O–H groups in total. The lowest BCUT2D eigenvalue weighted by Gasteiger charge is -2.12. The zero-order chi connectivity index (χ0) is 15.2. The molecule has 5 nitrogen and oxygen atoms in total. The molecule has 0 bridgehead atoms. The summed E-state index contributed by atoms with van der Waals surface area (Å²) in [4.78, 5) is 23.5. The number of carbonyl (C=O) groups is 2. The molecular formula is C16H19NO4. The quantitative estimate of drug-likeness (QED) is 0.830. The maximum Gasteiger partial charge on any atom is 0.374 e. The summed E-state index contributed by atoms with van der Waals surface area (Å²) in [5.41, 5.74) is 0.616. The molecule has 1 aromatic carbocycles. The highest BCUT2D eigenvalue weighted by Crippen LogP contribution is 2.19. The number of hydrogen-bond acceptors (Lipinski definition) is 4. The second-order valence-electron chi connectivity index (χ2n) is 4.98. The maximum absolute atomic E-state index is 11.8. The number of amides is 1. The van der Waals surface area contributed by atoms with Gasteiger partial charge in [0.1, 0.15) is 5.58 Å². The van der Waals surface area contributed by atoms with Gasteiger partial charge >= 0.3 is 5.97 Å². The summed E-state index contributed by atoms with van der Waals surface area (Å²) in [7, 11) is 0. The summed E-state index contributed by atoms with van der Waals surface area (Å²) >= 11 is 0. The average Bonchev–Trinajstić information content (AvgIpc) is 2.89. The van der Waals surface area contributed by atoms with Crippen LogP contribution >= 0.6 is 0 Å². The van der Waals surface area contributed by atoms with E-state index in [2.05, 4.69) is 5.32 Å². The molecule has 112 valence electrons. The van der Waals surface area contributed by atoms with Gasteiger partial charge < -0.3 is 14.5 Å². The summed E-state index contributed by atoms with van der Waals surface area (Å²) in [6.45, 7) is 3.66. The lowest BCUT2D eigenvalue weighted by Crippen LogP contribution is -2.35. The van der Waals surface area contributed by atoms with E-state index >= 15 is 0 Å². The molecule has 21 heavy (non-hydrogen) atoms. The van der Waals surface area contributed by atoms with Crippen LogP contribution in [0.5, 0.6) is 0 Å². The third kappa shape index (κ3) is 4.08. The molecule has 1 heterocycles. The number of esters is 1. The lowest BCUT2D eigenvalue weighted by molar-refractivity contribution is -0.124. The van der Waals surface area contributed by atoms with Crippen molar-refractivity contribution in [1.82, 2.24) is 5.32 Å². The summed E-state index contributed by atoms with van der Waals surface area (Å²) in [6.07, 6.45) is 1.88. The lowest BCUT2D eigenvalue weighted by atomic mass is 10.2. The van der Waals surface area contributed by atoms with Crippen molar-refractivity contribution in [2.24, 2.45) is 0 Å². The van der Waals surface area contributed by atoms with Gasteiger partial charge in [-0.05, 0) is 25.5 Å². The first-order chi connectivity index (χ1) is 10.1. The van der Waals surface area contributed by atoms with Gasteiger partial charge in [0.15, 0.2) is 6.61 Å². The number of fused-ring (bicyclic) bond motifs is 1. The number of nitrogens with one attached hydrogen (secondary N) is 1. The van der Waals surface area contributed by atoms with Crippen molar-refractivity contribution >= 4 is 22.8 Å². The van der Waals surface area contributed by atoms with Gasteiger partial charge in [-0.2, -0.15) is 0 Å². The van der Waals surface area contributed by atoms with Crippen molar-refractivity contribution < 1.29 is 18.7 Å². The molecule has 0 aliphatic heterocycles. The minimum Gasteiger partial charge on any atom is -0.450 e. The van der Waals surface area contributed by atoms with Gasteiger partial charge in [-0.25, -0.2) is 4.79 Å². The molecule has 0 saturated heterocycles. The molecule has 0 spiro atoms. The van der Waals surface area contributed by atoms with E-state index in [0.717, 1.165) is 18.2 Å². The zero-order valence-corrected chi connectivity index (χ0v) is 12.2. The smallest absolute Gasteiger partial charge is 0.374 e. The van der Waals surface area contributed by atoms with Crippen LogP contribution in [0.2, 0.25) is 0 Å². The summed E-state index contributed by atoms with van der Waals surface area (Å²) < 4.78 is 10.3. The fourth-order valence-corrected chi connectivity index (χ4v) is 2.11. The van der Waals surface area contributed by atoms with Gasteiger partial charge in [0.25, 0.3) is 5.91 Å². The second kappa shape index (κ2) is 6.92. The van der Waals surface area contributed by atoms with Crippen LogP contribution in [0.1, 0.15) is 37.2 Å². The first-order valence-corrected chi connectivity index (χ1v) is 7.05. The van der Waals surface area contributed by atoms with Crippen molar-refractivity contribution in [3.05, 3.63) is 36.1 Å². The summed E-state index contributed by atoms with van der Waals surface area (Å²) in [5, 5.41) is 3.59. The number of para-hydroxylation sites is 1. The molecular weight excluding hydrogens is 270 g/mol. The average molecular weight is 289 g/mol. The summed E-state index contributed by atoms with van der Waals surface area (Å²) in [5.74, 6) is -0.837. The monoisotopic (exact) mass is 289 g/mol. The molecule has 2 rings (SSSR count). The Morgan fingerprint density at radius 2 is 2.10 bits per heavy atom. The minimum atomic E-state index is -0.635. The molecule has 1 aromatic heterocycles. The molecule has 0 fully saturated rings. The van der Waals surface area contributed by atoms with Crippen LogP contribution in [0.25, 0.3) is 11.0 Å². The highest BCUT2D eigenvalue weighted by molar-refractivity contribution is 5.93. The van der Waals surface area contributed by atoms with Gasteiger partial charge in [0, 0.05) is 11.4 Å². The first kappa shape index (κ1) is 15.1. The van der Waals surface area contributed by atoms with E-state index in [9.17, 15) is 9.59 Å². The molecule has 0 saturated carbocycles. The second-order valence-corrected chi connectivity index (χ2v) is 4.98. The van der Waals surface area contributed by atoms with Crippen LogP contribution in [0, 0.1) is 0 Å². The van der Waals surface area contributed by atoms with Crippen LogP contribution in [0.15, 0.2) is 34.7 Å². The Balaban J connectivity index is 1.88. The van der Waals surface area contributed by atoms with Gasteiger partial charge in [-0.1, -0.05) is 31.5 Å². The Bertz CT molecular complexity index is 599. The van der Waals surface area contributed by atoms with E-state index < -0.39 is 5.97 Å². The zero-order valence-electron chi connectivity index (χ0n) is 12.2. The molecule has 0 aliphatic rings. The van der Waals surface area contributed by atoms with Crippen molar-refractivity contribution in [3.8, 4) is 0 Å². The number of ether oxygens (including phenoxy) is 1. The van der Waals surface area contributed by atoms with Crippen LogP contribution in [-0.4, -0.2) is 24.5 Å². The molecule has 0 aliphatic carbocycles. The Labute approximate surface area is 123 Å². The predicted molar refractivity (Wildman–Crippen MR) is 79.0 cm³/mol. The number of benzene rings is 1. The predicted octanol–water partition coefficient (Wildman–Crippen LogP) is 2.89. The molecule has 0 radical (unpaired) electrons. The van der Waals surface area contributed by atoms with Crippen molar-refractivity contribution in [3.63, 3.8) is 0 Å². The van der Waals surface area contributed by atoms with Crippen molar-refractivity contribution in [1.29, 1.82) is 0 Å². The van der Waals surface area contributed by atoms with Crippen molar-refractivity contribution in [2.45, 2.75) is 32.7 Å². The van der Waals surface area contributed by atoms with Gasteiger partial charge in [0.2, 0.25) is 5.76 Å². The Hall–Kier alpha value is -2.30. The van der Waals surface area contributed by atoms with E-state index in [1.165, 1.54) is 0 Å². The number of rotatable bonds is 6. The standard InChI is InChI=1S/C16H19NO4/c1-3-6-11(2)17-15(18)10-20-16(19)14-9-12-7-4-5-8-13(12)21-14/h4-5,7-9,11H,3,6,10H2,1-2H3,(H,17,18)/t11-/m1/s1. The molecule has 0 unspecified atom stereocenters. The highest BCUT2D eigenvalue weighted by atomic mass is 16.5. The minimum absolute atomic E-state index is 0.0763. The first-order valence-electron chi connectivity index (χ1n) is 7.05. The third-order valence-corrected chi connectivity index (χ3v) is 3.09. The van der Waals surface area contributed by atoms with Crippen LogP contribution < -0.4 is 5.32 Å². The topological polar surface area (TPSA) is 68.5 Å². The Morgan fingerprint density at radius 1 is 1.33 bits per heavy atom. The molecule has 2 aromatic rings. The number of hydrogen-bond donors (Lipinski definition) is 1. The largest absolute Gasteiger partial charge is 0.450 e. The van der Waals surface area contributed by atoms with E-state index in [0.29, 0.717) is 5.58 Å². The maximum atomic E-state index is 11.8. The van der Waals surface area contributed by atoms with Gasteiger partial charge in [-0.15, -0.1) is 0 Å². The number of carbonyl (C=O) groups excluding carboxylic acids is 2. The number of furan rings is 1. The van der Waals surface area contributed by atoms with Gasteiger partial charge in [0.05, 0.1) is 0 Å². The van der Waals surface area contributed by atoms with E-state index in [4.69, 9.17) is 9.15 Å². The Morgan fingerprint density at radius 3 is 2.81 bits per heavy atom. The summed E-state index contributed by atoms with van der Waals surface area (Å²) in [6, 6.07) is 8.97. The van der Waals surface area contributed by atoms with E-state index in [1.54, 1.807) is 12.1 Å². The van der Waals surface area contributed by atoms with E-state index in [1.807, 2.05) is 32.0 Å². The highest BCUT2D eigenvalue weighted by Gasteiger charge is 2.15. The van der Waals surface area contributed by atoms with Crippen LogP contribution in [0.3, 0.4) is 0 Å². The molecule has 5 heteroatoms. The van der Waals surface area contributed by atoms with Crippen LogP contribution in [-0.2, 0) is 9.53 Å².